The van der Waals surface area contributed by atoms with Gasteiger partial charge in [-0.3, -0.25) is 4.79 Å². The molecule has 1 rings (SSSR count). The molecule has 7 heteroatoms. The van der Waals surface area contributed by atoms with Crippen LogP contribution in [0.25, 0.3) is 0 Å². The van der Waals surface area contributed by atoms with Gasteiger partial charge in [0.05, 0.1) is 12.5 Å². The van der Waals surface area contributed by atoms with E-state index in [0.29, 0.717) is 5.75 Å². The number of hydrogen-bond acceptors (Lipinski definition) is 4. The van der Waals surface area contributed by atoms with Crippen LogP contribution in [0.3, 0.4) is 0 Å². The number of rotatable bonds is 6. The maximum Gasteiger partial charge on any atom is 0.407 e. The Kier molecular flexibility index (Phi) is 6.67. The molecule has 0 saturated heterocycles. The van der Waals surface area contributed by atoms with E-state index in [0.717, 1.165) is 4.90 Å². The minimum absolute atomic E-state index is 0.215. The number of halogens is 1. The van der Waals surface area contributed by atoms with E-state index in [4.69, 9.17) is 9.84 Å². The van der Waals surface area contributed by atoms with Gasteiger partial charge in [-0.2, -0.15) is 0 Å². The molecule has 1 aromatic carbocycles. The summed E-state index contributed by atoms with van der Waals surface area (Å²) in [5, 5.41) is 11.5. The van der Waals surface area contributed by atoms with Gasteiger partial charge in [-0.25, -0.2) is 9.18 Å². The summed E-state index contributed by atoms with van der Waals surface area (Å²) < 4.78 is 17.9. The van der Waals surface area contributed by atoms with Crippen molar-refractivity contribution >= 4 is 23.8 Å². The number of nitrogens with one attached hydrogen (secondary N) is 1. The van der Waals surface area contributed by atoms with Gasteiger partial charge < -0.3 is 15.2 Å². The lowest BCUT2D eigenvalue weighted by molar-refractivity contribution is -0.137. The third-order valence-electron chi connectivity index (χ3n) is 2.41. The Morgan fingerprint density at radius 3 is 2.41 bits per heavy atom. The highest BCUT2D eigenvalue weighted by atomic mass is 32.2. The minimum atomic E-state index is -1.01. The molecule has 1 aromatic rings. The monoisotopic (exact) mass is 329 g/mol. The van der Waals surface area contributed by atoms with E-state index in [1.165, 1.54) is 23.9 Å². The van der Waals surface area contributed by atoms with Gasteiger partial charge in [-0.1, -0.05) is 0 Å². The molecule has 0 spiro atoms. The maximum absolute atomic E-state index is 12.8. The third-order valence-corrected chi connectivity index (χ3v) is 3.58. The summed E-state index contributed by atoms with van der Waals surface area (Å²) in [6.45, 7) is 5.18. The van der Waals surface area contributed by atoms with Crippen molar-refractivity contribution < 1.29 is 23.8 Å². The summed E-state index contributed by atoms with van der Waals surface area (Å²) in [4.78, 5) is 23.4. The molecule has 0 aliphatic rings. The average molecular weight is 329 g/mol. The van der Waals surface area contributed by atoms with Crippen LogP contribution in [0.1, 0.15) is 27.2 Å². The number of aliphatic carboxylic acids is 1. The lowest BCUT2D eigenvalue weighted by Crippen LogP contribution is -2.41. The summed E-state index contributed by atoms with van der Waals surface area (Å²) in [6, 6.07) is 5.28. The van der Waals surface area contributed by atoms with Crippen molar-refractivity contribution in [3.8, 4) is 0 Å². The first-order chi connectivity index (χ1) is 10.2. The summed E-state index contributed by atoms with van der Waals surface area (Å²) in [6.07, 6.45) is -0.869. The normalized spacial score (nSPS) is 12.5. The Morgan fingerprint density at radius 2 is 1.91 bits per heavy atom. The molecule has 0 aromatic heterocycles. The zero-order valence-corrected chi connectivity index (χ0v) is 13.6. The Labute approximate surface area is 133 Å². The molecule has 5 nitrogen and oxygen atoms in total. The van der Waals surface area contributed by atoms with E-state index in [-0.39, 0.29) is 12.2 Å². The Balaban J connectivity index is 2.58. The number of alkyl carbamates (subject to hydrolysis) is 1. The van der Waals surface area contributed by atoms with Gasteiger partial charge in [0, 0.05) is 10.6 Å². The summed E-state index contributed by atoms with van der Waals surface area (Å²) in [5.41, 5.74) is -0.651. The van der Waals surface area contributed by atoms with Crippen LogP contribution in [0.15, 0.2) is 29.2 Å². The van der Waals surface area contributed by atoms with Crippen molar-refractivity contribution in [2.45, 2.75) is 43.7 Å². The second-order valence-electron chi connectivity index (χ2n) is 5.71. The number of ether oxygens (including phenoxy) is 1. The highest BCUT2D eigenvalue weighted by molar-refractivity contribution is 7.99. The van der Waals surface area contributed by atoms with E-state index in [1.54, 1.807) is 32.9 Å². The number of amides is 1. The van der Waals surface area contributed by atoms with Crippen molar-refractivity contribution in [2.75, 3.05) is 5.75 Å². The number of carbonyl (C=O) groups is 2. The average Bonchev–Trinajstić information content (AvgIpc) is 2.34. The van der Waals surface area contributed by atoms with Crippen LogP contribution in [0.4, 0.5) is 9.18 Å². The Hall–Kier alpha value is -1.76. The standard InChI is InChI=1S/C15H20FNO4S/c1-15(2,3)21-14(20)17-11(8-13(18)19)9-22-12-6-4-10(16)5-7-12/h4-7,11H,8-9H2,1-3H3,(H,17,20)(H,18,19)/t11-/m0/s1. The van der Waals surface area contributed by atoms with Crippen LogP contribution >= 0.6 is 11.8 Å². The van der Waals surface area contributed by atoms with Crippen molar-refractivity contribution in [1.29, 1.82) is 0 Å². The first-order valence-electron chi connectivity index (χ1n) is 6.75. The topological polar surface area (TPSA) is 75.6 Å². The number of carbonyl (C=O) groups excluding carboxylic acids is 1. The fourth-order valence-corrected chi connectivity index (χ4v) is 2.49. The quantitative estimate of drug-likeness (QED) is 0.783. The maximum atomic E-state index is 12.8. The van der Waals surface area contributed by atoms with Crippen molar-refractivity contribution in [3.05, 3.63) is 30.1 Å². The van der Waals surface area contributed by atoms with E-state index < -0.39 is 23.7 Å². The molecule has 122 valence electrons. The summed E-state index contributed by atoms with van der Waals surface area (Å²) in [7, 11) is 0. The number of thioether (sulfide) groups is 1. The Morgan fingerprint density at radius 1 is 1.32 bits per heavy atom. The number of benzene rings is 1. The highest BCUT2D eigenvalue weighted by Crippen LogP contribution is 2.20. The van der Waals surface area contributed by atoms with Crippen molar-refractivity contribution in [3.63, 3.8) is 0 Å². The molecular formula is C15H20FNO4S. The molecule has 0 unspecified atom stereocenters. The van der Waals surface area contributed by atoms with Crippen molar-refractivity contribution in [2.24, 2.45) is 0 Å². The zero-order chi connectivity index (χ0) is 16.8. The van der Waals surface area contributed by atoms with Gasteiger partial charge in [0.1, 0.15) is 11.4 Å². The van der Waals surface area contributed by atoms with Gasteiger partial charge in [0.2, 0.25) is 0 Å². The van der Waals surface area contributed by atoms with Crippen LogP contribution in [0.5, 0.6) is 0 Å². The van der Waals surface area contributed by atoms with Gasteiger partial charge in [-0.05, 0) is 45.0 Å². The molecule has 1 amide bonds. The van der Waals surface area contributed by atoms with E-state index in [2.05, 4.69) is 5.32 Å². The fourth-order valence-electron chi connectivity index (χ4n) is 1.56. The van der Waals surface area contributed by atoms with E-state index in [1.807, 2.05) is 0 Å². The first kappa shape index (κ1) is 18.3. The van der Waals surface area contributed by atoms with Crippen LogP contribution in [-0.4, -0.2) is 34.6 Å². The largest absolute Gasteiger partial charge is 0.481 e. The molecule has 0 heterocycles. The lowest BCUT2D eigenvalue weighted by atomic mass is 10.2. The van der Waals surface area contributed by atoms with Crippen LogP contribution in [0.2, 0.25) is 0 Å². The molecule has 2 N–H and O–H groups in total. The number of carboxylic acids is 1. The highest BCUT2D eigenvalue weighted by Gasteiger charge is 2.21. The molecule has 0 bridgehead atoms. The third kappa shape index (κ3) is 7.87. The van der Waals surface area contributed by atoms with E-state index in [9.17, 15) is 14.0 Å². The summed E-state index contributed by atoms with van der Waals surface area (Å²) in [5.74, 6) is -1.00. The van der Waals surface area contributed by atoms with Crippen LogP contribution in [-0.2, 0) is 9.53 Å². The van der Waals surface area contributed by atoms with Gasteiger partial charge >= 0.3 is 12.1 Å². The molecule has 0 aliphatic heterocycles. The molecule has 0 aliphatic carbocycles. The van der Waals surface area contributed by atoms with Crippen LogP contribution < -0.4 is 5.32 Å². The van der Waals surface area contributed by atoms with Gasteiger partial charge in [0.15, 0.2) is 0 Å². The van der Waals surface area contributed by atoms with Gasteiger partial charge in [-0.15, -0.1) is 11.8 Å². The molecular weight excluding hydrogens is 309 g/mol. The molecule has 22 heavy (non-hydrogen) atoms. The van der Waals surface area contributed by atoms with Crippen LogP contribution in [0, 0.1) is 5.82 Å². The molecule has 0 fully saturated rings. The summed E-state index contributed by atoms with van der Waals surface area (Å²) >= 11 is 1.34. The SMILES string of the molecule is CC(C)(C)OC(=O)N[C@H](CSc1ccc(F)cc1)CC(=O)O. The van der Waals surface area contributed by atoms with Gasteiger partial charge in [0.25, 0.3) is 0 Å². The lowest BCUT2D eigenvalue weighted by Gasteiger charge is -2.22. The predicted molar refractivity (Wildman–Crippen MR) is 82.5 cm³/mol. The number of carboxylic acid groups (broad SMARTS) is 1. The first-order valence-corrected chi connectivity index (χ1v) is 7.74. The fraction of sp³-hybridized carbons (Fsp3) is 0.467. The van der Waals surface area contributed by atoms with Crippen molar-refractivity contribution in [1.82, 2.24) is 5.32 Å². The minimum Gasteiger partial charge on any atom is -0.481 e. The van der Waals surface area contributed by atoms with E-state index >= 15 is 0 Å². The number of hydrogen-bond donors (Lipinski definition) is 2. The molecule has 0 saturated carbocycles. The zero-order valence-electron chi connectivity index (χ0n) is 12.8. The Bertz CT molecular complexity index is 513. The smallest absolute Gasteiger partial charge is 0.407 e. The molecule has 0 radical (unpaired) electrons. The predicted octanol–water partition coefficient (Wildman–Crippen LogP) is 3.29. The second kappa shape index (κ2) is 8.03. The second-order valence-corrected chi connectivity index (χ2v) is 6.80. The molecule has 1 atom stereocenters.